The number of unbranched alkanes of at least 4 members (excludes halogenated alkanes) is 2. The highest BCUT2D eigenvalue weighted by molar-refractivity contribution is 7.16. The molecule has 1 aromatic rings. The van der Waals surface area contributed by atoms with Crippen LogP contribution in [0.15, 0.2) is 6.07 Å². The number of thiophene rings is 1. The van der Waals surface area contributed by atoms with Gasteiger partial charge in [-0.25, -0.2) is 0 Å². The van der Waals surface area contributed by atoms with Crippen LogP contribution in [-0.2, 0) is 6.42 Å². The van der Waals surface area contributed by atoms with Crippen LogP contribution in [0.2, 0.25) is 0 Å². The Balaban J connectivity index is 2.58. The van der Waals surface area contributed by atoms with E-state index in [1.54, 1.807) is 11.3 Å². The molecule has 0 fully saturated rings. The molecule has 1 rings (SSSR count). The first-order chi connectivity index (χ1) is 8.19. The zero-order chi connectivity index (χ0) is 12.7. The fourth-order valence-electron chi connectivity index (χ4n) is 1.64. The zero-order valence-corrected chi connectivity index (χ0v) is 11.5. The van der Waals surface area contributed by atoms with Crippen molar-refractivity contribution in [3.63, 3.8) is 0 Å². The first-order valence-corrected chi connectivity index (χ1v) is 7.17. The summed E-state index contributed by atoms with van der Waals surface area (Å²) in [5.41, 5.74) is 6.52. The van der Waals surface area contributed by atoms with Gasteiger partial charge in [0.15, 0.2) is 0 Å². The highest BCUT2D eigenvalue weighted by atomic mass is 32.1. The van der Waals surface area contributed by atoms with Gasteiger partial charge in [-0.15, -0.1) is 11.3 Å². The number of anilines is 1. The van der Waals surface area contributed by atoms with Crippen LogP contribution < -0.4 is 11.1 Å². The summed E-state index contributed by atoms with van der Waals surface area (Å²) in [5, 5.41) is 3.50. The van der Waals surface area contributed by atoms with Gasteiger partial charge in [0.25, 0.3) is 5.91 Å². The molecule has 0 saturated carbocycles. The number of nitrogens with two attached hydrogens (primary N) is 1. The predicted molar refractivity (Wildman–Crippen MR) is 74.6 cm³/mol. The second-order valence-electron chi connectivity index (χ2n) is 4.20. The Morgan fingerprint density at radius 3 is 2.76 bits per heavy atom. The molecule has 0 aromatic carbocycles. The summed E-state index contributed by atoms with van der Waals surface area (Å²) in [5.74, 6) is -0.0395. The summed E-state index contributed by atoms with van der Waals surface area (Å²) in [6, 6.07) is 1.95. The molecular formula is C13H22N2OS. The van der Waals surface area contributed by atoms with Crippen LogP contribution in [0.5, 0.6) is 0 Å². The molecule has 0 unspecified atom stereocenters. The lowest BCUT2D eigenvalue weighted by Gasteiger charge is -2.01. The number of amides is 1. The molecule has 3 N–H and O–H groups in total. The highest BCUT2D eigenvalue weighted by Gasteiger charge is 2.13. The van der Waals surface area contributed by atoms with Gasteiger partial charge in [0.1, 0.15) is 0 Å². The smallest absolute Gasteiger partial charge is 0.254 e. The number of hydrogen-bond acceptors (Lipinski definition) is 3. The lowest BCUT2D eigenvalue weighted by molar-refractivity contribution is 0.0955. The van der Waals surface area contributed by atoms with E-state index < -0.39 is 0 Å². The molecule has 4 heteroatoms. The molecule has 1 aromatic heterocycles. The van der Waals surface area contributed by atoms with Gasteiger partial charge >= 0.3 is 0 Å². The summed E-state index contributed by atoms with van der Waals surface area (Å²) in [6.07, 6.45) is 5.59. The summed E-state index contributed by atoms with van der Waals surface area (Å²) in [4.78, 5) is 13.0. The van der Waals surface area contributed by atoms with Crippen molar-refractivity contribution in [2.75, 3.05) is 12.3 Å². The summed E-state index contributed by atoms with van der Waals surface area (Å²) < 4.78 is 0. The van der Waals surface area contributed by atoms with Crippen LogP contribution >= 0.6 is 11.3 Å². The van der Waals surface area contributed by atoms with Crippen LogP contribution in [0.3, 0.4) is 0 Å². The highest BCUT2D eigenvalue weighted by Crippen LogP contribution is 2.26. The Morgan fingerprint density at radius 2 is 2.12 bits per heavy atom. The Kier molecular flexibility index (Phi) is 6.05. The van der Waals surface area contributed by atoms with E-state index in [2.05, 4.69) is 12.2 Å². The molecule has 17 heavy (non-hydrogen) atoms. The largest absolute Gasteiger partial charge is 0.390 e. The summed E-state index contributed by atoms with van der Waals surface area (Å²) >= 11 is 1.54. The quantitative estimate of drug-likeness (QED) is 0.734. The van der Waals surface area contributed by atoms with Gasteiger partial charge in [-0.2, -0.15) is 0 Å². The minimum Gasteiger partial charge on any atom is -0.390 e. The van der Waals surface area contributed by atoms with Crippen molar-refractivity contribution in [1.29, 1.82) is 0 Å². The molecule has 0 radical (unpaired) electrons. The summed E-state index contributed by atoms with van der Waals surface area (Å²) in [6.45, 7) is 4.93. The van der Waals surface area contributed by atoms with Gasteiger partial charge in [0.2, 0.25) is 0 Å². The van der Waals surface area contributed by atoms with Gasteiger partial charge < -0.3 is 11.1 Å². The van der Waals surface area contributed by atoms with Crippen molar-refractivity contribution < 1.29 is 4.79 Å². The minimum absolute atomic E-state index is 0.0395. The molecule has 3 nitrogen and oxygen atoms in total. The number of aryl methyl sites for hydroxylation is 1. The first kappa shape index (κ1) is 14.0. The third-order valence-electron chi connectivity index (χ3n) is 2.62. The van der Waals surface area contributed by atoms with E-state index in [-0.39, 0.29) is 5.91 Å². The van der Waals surface area contributed by atoms with Crippen LogP contribution in [0.1, 0.15) is 54.8 Å². The molecular weight excluding hydrogens is 232 g/mol. The maximum absolute atomic E-state index is 11.8. The predicted octanol–water partition coefficient (Wildman–Crippen LogP) is 3.20. The molecule has 0 saturated heterocycles. The molecule has 0 aliphatic rings. The maximum atomic E-state index is 11.8. The SMILES string of the molecule is CCCCCc1cc(C(=O)NCCC)c(N)s1. The number of carbonyl (C=O) groups is 1. The monoisotopic (exact) mass is 254 g/mol. The standard InChI is InChI=1S/C13H22N2OS/c1-3-5-6-7-10-9-11(12(14)17-10)13(16)15-8-4-2/h9H,3-8,14H2,1-2H3,(H,15,16). The number of nitrogen functional groups attached to an aromatic ring is 1. The zero-order valence-electron chi connectivity index (χ0n) is 10.7. The molecule has 96 valence electrons. The van der Waals surface area contributed by atoms with E-state index in [9.17, 15) is 4.79 Å². The Labute approximate surface area is 107 Å². The number of carbonyl (C=O) groups excluding carboxylic acids is 1. The average Bonchev–Trinajstić information content (AvgIpc) is 2.68. The van der Waals surface area contributed by atoms with Crippen molar-refractivity contribution in [2.45, 2.75) is 46.0 Å². The first-order valence-electron chi connectivity index (χ1n) is 6.35. The van der Waals surface area contributed by atoms with Gasteiger partial charge in [0.05, 0.1) is 10.6 Å². The molecule has 0 aliphatic carbocycles. The van der Waals surface area contributed by atoms with Gasteiger partial charge in [0, 0.05) is 11.4 Å². The second-order valence-corrected chi connectivity index (χ2v) is 5.37. The van der Waals surface area contributed by atoms with Crippen molar-refractivity contribution in [3.8, 4) is 0 Å². The normalized spacial score (nSPS) is 10.5. The number of rotatable bonds is 7. The molecule has 0 bridgehead atoms. The summed E-state index contributed by atoms with van der Waals surface area (Å²) in [7, 11) is 0. The molecule has 1 amide bonds. The third kappa shape index (κ3) is 4.38. The maximum Gasteiger partial charge on any atom is 0.254 e. The second kappa shape index (κ2) is 7.33. The number of nitrogens with one attached hydrogen (secondary N) is 1. The Morgan fingerprint density at radius 1 is 1.35 bits per heavy atom. The lowest BCUT2D eigenvalue weighted by atomic mass is 10.1. The van der Waals surface area contributed by atoms with Gasteiger partial charge in [-0.05, 0) is 25.3 Å². The molecule has 0 spiro atoms. The van der Waals surface area contributed by atoms with Crippen LogP contribution in [0.4, 0.5) is 5.00 Å². The Bertz CT molecular complexity index is 360. The van der Waals surface area contributed by atoms with Crippen molar-refractivity contribution in [1.82, 2.24) is 5.32 Å². The van der Waals surface area contributed by atoms with E-state index in [1.165, 1.54) is 24.1 Å². The lowest BCUT2D eigenvalue weighted by Crippen LogP contribution is -2.24. The molecule has 1 heterocycles. The topological polar surface area (TPSA) is 55.1 Å². The van der Waals surface area contributed by atoms with Crippen LogP contribution in [-0.4, -0.2) is 12.5 Å². The fourth-order valence-corrected chi connectivity index (χ4v) is 2.61. The van der Waals surface area contributed by atoms with Crippen molar-refractivity contribution in [3.05, 3.63) is 16.5 Å². The van der Waals surface area contributed by atoms with E-state index >= 15 is 0 Å². The van der Waals surface area contributed by atoms with Gasteiger partial charge in [-0.1, -0.05) is 26.7 Å². The van der Waals surface area contributed by atoms with Crippen LogP contribution in [0.25, 0.3) is 0 Å². The minimum atomic E-state index is -0.0395. The van der Waals surface area contributed by atoms with Gasteiger partial charge in [-0.3, -0.25) is 4.79 Å². The van der Waals surface area contributed by atoms with E-state index in [1.807, 2.05) is 13.0 Å². The molecule has 0 atom stereocenters. The van der Waals surface area contributed by atoms with E-state index in [0.29, 0.717) is 17.1 Å². The number of hydrogen-bond donors (Lipinski definition) is 2. The fraction of sp³-hybridized carbons (Fsp3) is 0.615. The van der Waals surface area contributed by atoms with E-state index in [0.717, 1.165) is 12.8 Å². The Hall–Kier alpha value is -1.03. The molecule has 0 aliphatic heterocycles. The van der Waals surface area contributed by atoms with E-state index in [4.69, 9.17) is 5.73 Å². The third-order valence-corrected chi connectivity index (χ3v) is 3.64. The average molecular weight is 254 g/mol. The van der Waals surface area contributed by atoms with Crippen molar-refractivity contribution in [2.24, 2.45) is 0 Å². The van der Waals surface area contributed by atoms with Crippen molar-refractivity contribution >= 4 is 22.2 Å². The van der Waals surface area contributed by atoms with Crippen LogP contribution in [0, 0.1) is 0 Å².